The van der Waals surface area contributed by atoms with Gasteiger partial charge < -0.3 is 15.0 Å². The molecule has 2 amide bonds. The van der Waals surface area contributed by atoms with E-state index in [-0.39, 0.29) is 18.5 Å². The highest BCUT2D eigenvalue weighted by Gasteiger charge is 2.33. The number of anilines is 1. The Morgan fingerprint density at radius 3 is 2.30 bits per heavy atom. The van der Waals surface area contributed by atoms with Crippen LogP contribution in [0.1, 0.15) is 51.0 Å². The van der Waals surface area contributed by atoms with Crippen molar-refractivity contribution < 1.29 is 22.7 Å². The van der Waals surface area contributed by atoms with E-state index in [1.807, 2.05) is 49.4 Å². The average molecular weight is 566 g/mol. The van der Waals surface area contributed by atoms with E-state index in [4.69, 9.17) is 4.74 Å². The number of rotatable bonds is 11. The van der Waals surface area contributed by atoms with Crippen LogP contribution < -0.4 is 14.4 Å². The maximum atomic E-state index is 14.0. The molecule has 0 radical (unpaired) electrons. The molecule has 0 unspecified atom stereocenters. The molecule has 3 aromatic rings. The number of ether oxygens (including phenoxy) is 1. The van der Waals surface area contributed by atoms with Crippen molar-refractivity contribution in [1.29, 1.82) is 0 Å². The highest BCUT2D eigenvalue weighted by Crippen LogP contribution is 2.29. The predicted molar refractivity (Wildman–Crippen MR) is 159 cm³/mol. The van der Waals surface area contributed by atoms with Crippen LogP contribution in [-0.4, -0.2) is 57.1 Å². The standard InChI is InChI=1S/C31H39N3O5S/c1-4-28(31(36)32-25-13-6-5-7-14-25)33(21-23-17-19-26(39-2)20-18-23)30(35)22-34(40(3,37)38)29-16-10-12-24-11-8-9-15-27(24)29/h8-12,15-20,25,28H,4-7,13-14,21-22H2,1-3H3,(H,32,36)/t28-/m0/s1. The summed E-state index contributed by atoms with van der Waals surface area (Å²) in [6.45, 7) is 1.61. The Hall–Kier alpha value is -3.59. The fourth-order valence-electron chi connectivity index (χ4n) is 5.41. The third-order valence-electron chi connectivity index (χ3n) is 7.56. The molecule has 0 aromatic heterocycles. The van der Waals surface area contributed by atoms with Crippen molar-refractivity contribution >= 4 is 38.3 Å². The fourth-order valence-corrected chi connectivity index (χ4v) is 6.27. The number of benzene rings is 3. The smallest absolute Gasteiger partial charge is 0.244 e. The molecule has 0 spiro atoms. The average Bonchev–Trinajstić information content (AvgIpc) is 2.95. The summed E-state index contributed by atoms with van der Waals surface area (Å²) in [5.74, 6) is 0.0371. The lowest BCUT2D eigenvalue weighted by molar-refractivity contribution is -0.140. The third-order valence-corrected chi connectivity index (χ3v) is 8.69. The van der Waals surface area contributed by atoms with Gasteiger partial charge in [-0.1, -0.05) is 74.7 Å². The van der Waals surface area contributed by atoms with Gasteiger partial charge in [0.05, 0.1) is 19.1 Å². The molecule has 214 valence electrons. The largest absolute Gasteiger partial charge is 0.497 e. The van der Waals surface area contributed by atoms with Crippen LogP contribution in [0.5, 0.6) is 5.75 Å². The molecule has 4 rings (SSSR count). The van der Waals surface area contributed by atoms with Crippen LogP contribution in [0, 0.1) is 0 Å². The van der Waals surface area contributed by atoms with E-state index in [0.29, 0.717) is 17.9 Å². The summed E-state index contributed by atoms with van der Waals surface area (Å²) in [6.07, 6.45) is 6.67. The summed E-state index contributed by atoms with van der Waals surface area (Å²) in [6, 6.07) is 19.5. The first-order valence-corrected chi connectivity index (χ1v) is 15.7. The van der Waals surface area contributed by atoms with Crippen LogP contribution in [0.2, 0.25) is 0 Å². The van der Waals surface area contributed by atoms with Gasteiger partial charge in [-0.25, -0.2) is 8.42 Å². The maximum Gasteiger partial charge on any atom is 0.244 e. The zero-order valence-electron chi connectivity index (χ0n) is 23.5. The monoisotopic (exact) mass is 565 g/mol. The summed E-state index contributed by atoms with van der Waals surface area (Å²) in [4.78, 5) is 29.1. The Labute approximate surface area is 237 Å². The number of fused-ring (bicyclic) bond motifs is 1. The first kappa shape index (κ1) is 29.4. The Morgan fingerprint density at radius 1 is 0.975 bits per heavy atom. The number of hydrogen-bond acceptors (Lipinski definition) is 5. The lowest BCUT2D eigenvalue weighted by Gasteiger charge is -2.34. The van der Waals surface area contributed by atoms with Crippen molar-refractivity contribution in [3.05, 3.63) is 72.3 Å². The van der Waals surface area contributed by atoms with Gasteiger partial charge in [0.25, 0.3) is 0 Å². The number of nitrogens with one attached hydrogen (secondary N) is 1. The van der Waals surface area contributed by atoms with E-state index in [1.54, 1.807) is 31.4 Å². The Kier molecular flexibility index (Phi) is 9.68. The Morgan fingerprint density at radius 2 is 1.65 bits per heavy atom. The van der Waals surface area contributed by atoms with Gasteiger partial charge in [0.2, 0.25) is 21.8 Å². The molecule has 1 saturated carbocycles. The van der Waals surface area contributed by atoms with Crippen molar-refractivity contribution in [3.8, 4) is 5.75 Å². The molecule has 1 aliphatic rings. The first-order valence-electron chi connectivity index (χ1n) is 13.9. The predicted octanol–water partition coefficient (Wildman–Crippen LogP) is 4.87. The van der Waals surface area contributed by atoms with E-state index in [0.717, 1.165) is 52.6 Å². The van der Waals surface area contributed by atoms with Crippen molar-refractivity contribution in [2.45, 2.75) is 64.1 Å². The summed E-state index contributed by atoms with van der Waals surface area (Å²) >= 11 is 0. The minimum atomic E-state index is -3.83. The molecule has 3 aromatic carbocycles. The van der Waals surface area contributed by atoms with Crippen LogP contribution in [0.15, 0.2) is 66.7 Å². The van der Waals surface area contributed by atoms with E-state index < -0.39 is 28.5 Å². The van der Waals surface area contributed by atoms with Gasteiger partial charge in [0.15, 0.2) is 0 Å². The Balaban J connectivity index is 1.67. The van der Waals surface area contributed by atoms with Gasteiger partial charge >= 0.3 is 0 Å². The number of carbonyl (C=O) groups excluding carboxylic acids is 2. The second kappa shape index (κ2) is 13.2. The zero-order valence-corrected chi connectivity index (χ0v) is 24.3. The number of sulfonamides is 1. The van der Waals surface area contributed by atoms with E-state index in [1.165, 1.54) is 11.3 Å². The molecule has 0 bridgehead atoms. The topological polar surface area (TPSA) is 96.0 Å². The van der Waals surface area contributed by atoms with E-state index in [2.05, 4.69) is 5.32 Å². The highest BCUT2D eigenvalue weighted by molar-refractivity contribution is 7.92. The highest BCUT2D eigenvalue weighted by atomic mass is 32.2. The molecule has 40 heavy (non-hydrogen) atoms. The van der Waals surface area contributed by atoms with Gasteiger partial charge in [0.1, 0.15) is 18.3 Å². The quantitative estimate of drug-likeness (QED) is 0.358. The normalized spacial score (nSPS) is 14.9. The maximum absolute atomic E-state index is 14.0. The molecular formula is C31H39N3O5S. The number of methoxy groups -OCH3 is 1. The summed E-state index contributed by atoms with van der Waals surface area (Å²) in [5, 5.41) is 4.76. The van der Waals surface area contributed by atoms with Gasteiger partial charge in [0, 0.05) is 18.0 Å². The van der Waals surface area contributed by atoms with Crippen LogP contribution >= 0.6 is 0 Å². The van der Waals surface area contributed by atoms with Crippen LogP contribution in [0.4, 0.5) is 5.69 Å². The van der Waals surface area contributed by atoms with E-state index >= 15 is 0 Å². The summed E-state index contributed by atoms with van der Waals surface area (Å²) < 4.78 is 32.5. The van der Waals surface area contributed by atoms with Crippen molar-refractivity contribution in [3.63, 3.8) is 0 Å². The first-order chi connectivity index (χ1) is 19.2. The summed E-state index contributed by atoms with van der Waals surface area (Å²) in [7, 11) is -2.24. The van der Waals surface area contributed by atoms with Crippen LogP contribution in [-0.2, 0) is 26.2 Å². The molecular weight excluding hydrogens is 526 g/mol. The summed E-state index contributed by atoms with van der Waals surface area (Å²) in [5.41, 5.74) is 1.24. The van der Waals surface area contributed by atoms with Crippen molar-refractivity contribution in [1.82, 2.24) is 10.2 Å². The molecule has 8 nitrogen and oxygen atoms in total. The van der Waals surface area contributed by atoms with Crippen molar-refractivity contribution in [2.24, 2.45) is 0 Å². The molecule has 9 heteroatoms. The lowest BCUT2D eigenvalue weighted by Crippen LogP contribution is -2.54. The van der Waals surface area contributed by atoms with Gasteiger partial charge in [-0.05, 0) is 48.4 Å². The van der Waals surface area contributed by atoms with Gasteiger partial charge in [-0.2, -0.15) is 0 Å². The third kappa shape index (κ3) is 7.13. The molecule has 0 heterocycles. The molecule has 0 aliphatic heterocycles. The molecule has 1 fully saturated rings. The number of amides is 2. The van der Waals surface area contributed by atoms with Crippen LogP contribution in [0.25, 0.3) is 10.8 Å². The van der Waals surface area contributed by atoms with Crippen LogP contribution in [0.3, 0.4) is 0 Å². The number of nitrogens with zero attached hydrogens (tertiary/aromatic N) is 2. The molecule has 1 atom stereocenters. The second-order valence-corrected chi connectivity index (χ2v) is 12.3. The fraction of sp³-hybridized carbons (Fsp3) is 0.419. The van der Waals surface area contributed by atoms with Gasteiger partial charge in [-0.15, -0.1) is 0 Å². The molecule has 1 aliphatic carbocycles. The minimum Gasteiger partial charge on any atom is -0.497 e. The van der Waals surface area contributed by atoms with Crippen molar-refractivity contribution in [2.75, 3.05) is 24.2 Å². The second-order valence-electron chi connectivity index (χ2n) is 10.4. The number of hydrogen-bond donors (Lipinski definition) is 1. The Bertz CT molecular complexity index is 1410. The van der Waals surface area contributed by atoms with E-state index in [9.17, 15) is 18.0 Å². The lowest BCUT2D eigenvalue weighted by atomic mass is 9.95. The molecule has 0 saturated heterocycles. The molecule has 1 N–H and O–H groups in total. The van der Waals surface area contributed by atoms with Gasteiger partial charge in [-0.3, -0.25) is 13.9 Å². The number of carbonyl (C=O) groups is 2. The SMILES string of the molecule is CC[C@@H](C(=O)NC1CCCCC1)N(Cc1ccc(OC)cc1)C(=O)CN(c1cccc2ccccc12)S(C)(=O)=O. The minimum absolute atomic E-state index is 0.0939. The zero-order chi connectivity index (χ0) is 28.7.